The number of allylic oxidation sites excluding steroid dienone is 1. The average molecular weight is 222 g/mol. The van der Waals surface area contributed by atoms with Gasteiger partial charge in [-0.3, -0.25) is 0 Å². The van der Waals surface area contributed by atoms with Gasteiger partial charge in [0.2, 0.25) is 0 Å². The Bertz CT molecular complexity index is 477. The zero-order valence-corrected chi connectivity index (χ0v) is 10.4. The van der Waals surface area contributed by atoms with Crippen LogP contribution in [0.1, 0.15) is 29.5 Å². The van der Waals surface area contributed by atoms with Gasteiger partial charge in [0.1, 0.15) is 0 Å². The van der Waals surface area contributed by atoms with Gasteiger partial charge in [0.25, 0.3) is 0 Å². The summed E-state index contributed by atoms with van der Waals surface area (Å²) in [5, 5.41) is 0. The van der Waals surface area contributed by atoms with Gasteiger partial charge in [-0.15, -0.1) is 0 Å². The highest BCUT2D eigenvalue weighted by Gasteiger charge is 1.99. The van der Waals surface area contributed by atoms with E-state index in [1.165, 1.54) is 16.7 Å². The lowest BCUT2D eigenvalue weighted by atomic mass is 10.00. The number of rotatable bonds is 3. The van der Waals surface area contributed by atoms with Crippen molar-refractivity contribution in [2.45, 2.75) is 19.8 Å². The first-order valence-electron chi connectivity index (χ1n) is 6.05. The molecule has 1 atom stereocenters. The molecule has 0 radical (unpaired) electrons. The van der Waals surface area contributed by atoms with E-state index in [-0.39, 0.29) is 0 Å². The van der Waals surface area contributed by atoms with Crippen molar-refractivity contribution in [2.75, 3.05) is 0 Å². The second kappa shape index (κ2) is 5.49. The molecule has 0 saturated heterocycles. The van der Waals surface area contributed by atoms with Crippen LogP contribution < -0.4 is 0 Å². The molecule has 17 heavy (non-hydrogen) atoms. The van der Waals surface area contributed by atoms with E-state index in [0.29, 0.717) is 5.92 Å². The first-order chi connectivity index (χ1) is 8.25. The lowest BCUT2D eigenvalue weighted by molar-refractivity contribution is 0.973. The maximum Gasteiger partial charge on any atom is -0.000711 e. The van der Waals surface area contributed by atoms with Crippen molar-refractivity contribution >= 4 is 6.08 Å². The summed E-state index contributed by atoms with van der Waals surface area (Å²) in [5.41, 5.74) is 3.92. The van der Waals surface area contributed by atoms with Crippen LogP contribution in [0.3, 0.4) is 0 Å². The Hall–Kier alpha value is -1.82. The van der Waals surface area contributed by atoms with E-state index in [1.54, 1.807) is 0 Å². The molecule has 0 N–H and O–H groups in total. The molecule has 2 aromatic carbocycles. The quantitative estimate of drug-likeness (QED) is 0.699. The van der Waals surface area contributed by atoms with Gasteiger partial charge in [-0.05, 0) is 24.0 Å². The summed E-state index contributed by atoms with van der Waals surface area (Å²) >= 11 is 0. The van der Waals surface area contributed by atoms with Crippen molar-refractivity contribution in [1.29, 1.82) is 0 Å². The van der Waals surface area contributed by atoms with Crippen molar-refractivity contribution in [3.63, 3.8) is 0 Å². The molecule has 2 rings (SSSR count). The molecule has 86 valence electrons. The summed E-state index contributed by atoms with van der Waals surface area (Å²) in [5.74, 6) is 0.456. The molecular formula is C17H18. The molecule has 0 amide bonds. The molecule has 0 heterocycles. The maximum absolute atomic E-state index is 2.25. The molecule has 0 fully saturated rings. The van der Waals surface area contributed by atoms with Crippen molar-refractivity contribution in [1.82, 2.24) is 0 Å². The Kier molecular flexibility index (Phi) is 3.77. The number of aryl methyl sites for hydroxylation is 1. The highest BCUT2D eigenvalue weighted by atomic mass is 14.0. The Morgan fingerprint density at radius 1 is 0.882 bits per heavy atom. The summed E-state index contributed by atoms with van der Waals surface area (Å²) in [6.07, 6.45) is 4.44. The summed E-state index contributed by atoms with van der Waals surface area (Å²) in [6.45, 7) is 4.33. The zero-order valence-electron chi connectivity index (χ0n) is 10.4. The molecule has 0 bridgehead atoms. The van der Waals surface area contributed by atoms with Crippen LogP contribution in [0, 0.1) is 6.92 Å². The summed E-state index contributed by atoms with van der Waals surface area (Å²) in [7, 11) is 0. The highest BCUT2D eigenvalue weighted by molar-refractivity contribution is 5.51. The molecule has 0 saturated carbocycles. The predicted molar refractivity (Wildman–Crippen MR) is 75.1 cm³/mol. The third kappa shape index (κ3) is 3.32. The molecule has 0 aromatic heterocycles. The van der Waals surface area contributed by atoms with E-state index >= 15 is 0 Å². The van der Waals surface area contributed by atoms with Crippen molar-refractivity contribution < 1.29 is 0 Å². The minimum absolute atomic E-state index is 0.456. The molecule has 0 aliphatic rings. The minimum Gasteiger partial charge on any atom is -0.0767 e. The largest absolute Gasteiger partial charge is 0.0767 e. The Morgan fingerprint density at radius 3 is 2.18 bits per heavy atom. The SMILES string of the molecule is Cc1ccc(/C=C/[C@@H](C)c2ccccc2)cc1. The first kappa shape index (κ1) is 11.7. The predicted octanol–water partition coefficient (Wildman–Crippen LogP) is 4.81. The first-order valence-corrected chi connectivity index (χ1v) is 6.05. The lowest BCUT2D eigenvalue weighted by Crippen LogP contribution is -1.87. The molecule has 0 aliphatic heterocycles. The molecule has 0 unspecified atom stereocenters. The van der Waals surface area contributed by atoms with Gasteiger partial charge in [-0.1, -0.05) is 79.2 Å². The Morgan fingerprint density at radius 2 is 1.53 bits per heavy atom. The molecule has 0 aliphatic carbocycles. The zero-order chi connectivity index (χ0) is 12.1. The standard InChI is InChI=1S/C17H18/c1-14-8-11-16(12-9-14)13-10-15(2)17-6-4-3-5-7-17/h3-13,15H,1-2H3/b13-10+/t15-/m1/s1. The van der Waals surface area contributed by atoms with E-state index in [4.69, 9.17) is 0 Å². The number of benzene rings is 2. The Balaban J connectivity index is 2.08. The number of hydrogen-bond donors (Lipinski definition) is 0. The fourth-order valence-electron chi connectivity index (χ4n) is 1.80. The summed E-state index contributed by atoms with van der Waals surface area (Å²) in [4.78, 5) is 0. The normalized spacial score (nSPS) is 12.8. The fraction of sp³-hybridized carbons (Fsp3) is 0.176. The van der Waals surface area contributed by atoms with Crippen molar-refractivity contribution in [2.24, 2.45) is 0 Å². The van der Waals surface area contributed by atoms with E-state index in [9.17, 15) is 0 Å². The third-order valence-corrected chi connectivity index (χ3v) is 2.98. The molecule has 0 heteroatoms. The third-order valence-electron chi connectivity index (χ3n) is 2.98. The highest BCUT2D eigenvalue weighted by Crippen LogP contribution is 2.17. The smallest absolute Gasteiger partial charge is 0.000711 e. The van der Waals surface area contributed by atoms with Crippen LogP contribution in [0.5, 0.6) is 0 Å². The van der Waals surface area contributed by atoms with E-state index in [0.717, 1.165) is 0 Å². The molecule has 0 spiro atoms. The lowest BCUT2D eigenvalue weighted by Gasteiger charge is -2.05. The van der Waals surface area contributed by atoms with Gasteiger partial charge in [0.05, 0.1) is 0 Å². The topological polar surface area (TPSA) is 0 Å². The van der Waals surface area contributed by atoms with Gasteiger partial charge in [-0.2, -0.15) is 0 Å². The van der Waals surface area contributed by atoms with Gasteiger partial charge in [0.15, 0.2) is 0 Å². The molecule has 2 aromatic rings. The molecular weight excluding hydrogens is 204 g/mol. The van der Waals surface area contributed by atoms with Crippen molar-refractivity contribution in [3.05, 3.63) is 77.4 Å². The van der Waals surface area contributed by atoms with Crippen LogP contribution in [0.25, 0.3) is 6.08 Å². The summed E-state index contributed by atoms with van der Waals surface area (Å²) in [6, 6.07) is 19.2. The van der Waals surface area contributed by atoms with Gasteiger partial charge in [0, 0.05) is 0 Å². The van der Waals surface area contributed by atoms with Crippen LogP contribution in [0.15, 0.2) is 60.7 Å². The van der Waals surface area contributed by atoms with Gasteiger partial charge >= 0.3 is 0 Å². The Labute approximate surface area is 104 Å². The maximum atomic E-state index is 2.25. The van der Waals surface area contributed by atoms with Crippen LogP contribution in [0.4, 0.5) is 0 Å². The van der Waals surface area contributed by atoms with Crippen LogP contribution in [0.2, 0.25) is 0 Å². The van der Waals surface area contributed by atoms with Crippen LogP contribution in [-0.4, -0.2) is 0 Å². The minimum atomic E-state index is 0.456. The van der Waals surface area contributed by atoms with E-state index < -0.39 is 0 Å². The van der Waals surface area contributed by atoms with Crippen LogP contribution >= 0.6 is 0 Å². The van der Waals surface area contributed by atoms with E-state index in [2.05, 4.69) is 80.6 Å². The monoisotopic (exact) mass is 222 g/mol. The second-order valence-electron chi connectivity index (χ2n) is 4.47. The van der Waals surface area contributed by atoms with Crippen LogP contribution in [-0.2, 0) is 0 Å². The molecule has 0 nitrogen and oxygen atoms in total. The van der Waals surface area contributed by atoms with E-state index in [1.807, 2.05) is 0 Å². The van der Waals surface area contributed by atoms with Gasteiger partial charge in [-0.25, -0.2) is 0 Å². The number of hydrogen-bond acceptors (Lipinski definition) is 0. The van der Waals surface area contributed by atoms with Crippen molar-refractivity contribution in [3.8, 4) is 0 Å². The summed E-state index contributed by atoms with van der Waals surface area (Å²) < 4.78 is 0. The second-order valence-corrected chi connectivity index (χ2v) is 4.47. The fourth-order valence-corrected chi connectivity index (χ4v) is 1.80. The van der Waals surface area contributed by atoms with Gasteiger partial charge < -0.3 is 0 Å². The average Bonchev–Trinajstić information content (AvgIpc) is 2.39.